The summed E-state index contributed by atoms with van der Waals surface area (Å²) < 4.78 is 6.54. The zero-order valence-electron chi connectivity index (χ0n) is 10.7. The lowest BCUT2D eigenvalue weighted by Crippen LogP contribution is -1.93. The lowest BCUT2D eigenvalue weighted by Gasteiger charge is -2.11. The minimum absolute atomic E-state index is 0.522. The number of aliphatic hydroxyl groups is 1. The summed E-state index contributed by atoms with van der Waals surface area (Å²) in [4.78, 5) is 0. The fourth-order valence-corrected chi connectivity index (χ4v) is 2.69. The molecular formula is C15H14BrClO2. The molecule has 0 aliphatic carbocycles. The van der Waals surface area contributed by atoms with Crippen LogP contribution < -0.4 is 4.74 Å². The van der Waals surface area contributed by atoms with Gasteiger partial charge in [-0.1, -0.05) is 39.7 Å². The van der Waals surface area contributed by atoms with Crippen molar-refractivity contribution in [2.24, 2.45) is 0 Å². The Kier molecular flexibility index (Phi) is 4.50. The van der Waals surface area contributed by atoms with Gasteiger partial charge in [0.2, 0.25) is 0 Å². The van der Waals surface area contributed by atoms with E-state index in [9.17, 15) is 5.11 Å². The van der Waals surface area contributed by atoms with Crippen molar-refractivity contribution in [1.29, 1.82) is 0 Å². The number of hydrogen-bond donors (Lipinski definition) is 1. The van der Waals surface area contributed by atoms with Crippen molar-refractivity contribution in [2.45, 2.75) is 20.0 Å². The van der Waals surface area contributed by atoms with Crippen LogP contribution in [0.1, 0.15) is 24.2 Å². The van der Waals surface area contributed by atoms with E-state index in [-0.39, 0.29) is 0 Å². The minimum atomic E-state index is -0.522. The van der Waals surface area contributed by atoms with Gasteiger partial charge in [-0.3, -0.25) is 0 Å². The van der Waals surface area contributed by atoms with Crippen molar-refractivity contribution >= 4 is 27.5 Å². The summed E-state index contributed by atoms with van der Waals surface area (Å²) in [6, 6.07) is 11.1. The van der Waals surface area contributed by atoms with E-state index in [1.54, 1.807) is 6.92 Å². The number of aliphatic hydroxyl groups excluding tert-OH is 1. The summed E-state index contributed by atoms with van der Waals surface area (Å²) in [5.74, 6) is 1.28. The smallest absolute Gasteiger partial charge is 0.146 e. The normalized spacial score (nSPS) is 12.3. The second-order valence-electron chi connectivity index (χ2n) is 4.40. The number of benzene rings is 2. The van der Waals surface area contributed by atoms with E-state index in [1.165, 1.54) is 0 Å². The van der Waals surface area contributed by atoms with Crippen LogP contribution in [0.2, 0.25) is 5.02 Å². The third kappa shape index (κ3) is 3.50. The Balaban J connectivity index is 2.26. The summed E-state index contributed by atoms with van der Waals surface area (Å²) in [6.07, 6.45) is -0.522. The molecule has 0 radical (unpaired) electrons. The van der Waals surface area contributed by atoms with Gasteiger partial charge in [-0.15, -0.1) is 0 Å². The standard InChI is InChI=1S/C15H14BrClO2/c1-9-3-6-15(14(17)7-9)19-11-4-5-12(10(2)18)13(16)8-11/h3-8,10,18H,1-2H3/t10-/m1/s1. The maximum atomic E-state index is 9.57. The molecule has 2 nitrogen and oxygen atoms in total. The molecule has 0 aliphatic rings. The average molecular weight is 342 g/mol. The van der Waals surface area contributed by atoms with E-state index in [0.717, 1.165) is 15.6 Å². The van der Waals surface area contributed by atoms with Crippen LogP contribution in [-0.4, -0.2) is 5.11 Å². The predicted octanol–water partition coefficient (Wildman–Crippen LogP) is 5.26. The third-order valence-electron chi connectivity index (χ3n) is 2.74. The van der Waals surface area contributed by atoms with Gasteiger partial charge >= 0.3 is 0 Å². The van der Waals surface area contributed by atoms with Crippen LogP contribution in [0, 0.1) is 6.92 Å². The number of aryl methyl sites for hydroxylation is 1. The predicted molar refractivity (Wildman–Crippen MR) is 81.0 cm³/mol. The molecule has 0 aliphatic heterocycles. The molecule has 4 heteroatoms. The third-order valence-corrected chi connectivity index (χ3v) is 3.72. The van der Waals surface area contributed by atoms with Crippen molar-refractivity contribution in [1.82, 2.24) is 0 Å². The maximum absolute atomic E-state index is 9.57. The minimum Gasteiger partial charge on any atom is -0.456 e. The van der Waals surface area contributed by atoms with Gasteiger partial charge in [0.15, 0.2) is 0 Å². The Morgan fingerprint density at radius 3 is 2.53 bits per heavy atom. The fraction of sp³-hybridized carbons (Fsp3) is 0.200. The Morgan fingerprint density at radius 1 is 1.21 bits per heavy atom. The second kappa shape index (κ2) is 5.95. The fourth-order valence-electron chi connectivity index (χ4n) is 1.73. The quantitative estimate of drug-likeness (QED) is 0.825. The topological polar surface area (TPSA) is 29.5 Å². The molecule has 1 atom stereocenters. The van der Waals surface area contributed by atoms with E-state index in [2.05, 4.69) is 15.9 Å². The van der Waals surface area contributed by atoms with Crippen molar-refractivity contribution in [2.75, 3.05) is 0 Å². The molecule has 0 amide bonds. The Bertz CT molecular complexity index is 597. The molecule has 0 saturated carbocycles. The van der Waals surface area contributed by atoms with Crippen LogP contribution in [0.5, 0.6) is 11.5 Å². The van der Waals surface area contributed by atoms with Gasteiger partial charge < -0.3 is 9.84 Å². The van der Waals surface area contributed by atoms with Gasteiger partial charge in [-0.05, 0) is 49.2 Å². The molecule has 0 aromatic heterocycles. The number of rotatable bonds is 3. The van der Waals surface area contributed by atoms with Crippen molar-refractivity contribution in [3.05, 3.63) is 57.0 Å². The van der Waals surface area contributed by atoms with Gasteiger partial charge in [0, 0.05) is 4.47 Å². The molecule has 0 spiro atoms. The van der Waals surface area contributed by atoms with Crippen LogP contribution in [0.25, 0.3) is 0 Å². The Hall–Kier alpha value is -1.03. The van der Waals surface area contributed by atoms with E-state index in [0.29, 0.717) is 16.5 Å². The largest absolute Gasteiger partial charge is 0.456 e. The van der Waals surface area contributed by atoms with E-state index in [4.69, 9.17) is 16.3 Å². The summed E-state index contributed by atoms with van der Waals surface area (Å²) in [5, 5.41) is 10.1. The average Bonchev–Trinajstić information content (AvgIpc) is 2.32. The second-order valence-corrected chi connectivity index (χ2v) is 5.66. The van der Waals surface area contributed by atoms with Gasteiger partial charge in [-0.25, -0.2) is 0 Å². The number of halogens is 2. The zero-order chi connectivity index (χ0) is 14.0. The molecule has 2 aromatic carbocycles. The highest BCUT2D eigenvalue weighted by Crippen LogP contribution is 2.33. The van der Waals surface area contributed by atoms with Crippen molar-refractivity contribution in [3.8, 4) is 11.5 Å². The molecule has 0 heterocycles. The first-order valence-corrected chi connectivity index (χ1v) is 7.06. The highest BCUT2D eigenvalue weighted by molar-refractivity contribution is 9.10. The highest BCUT2D eigenvalue weighted by Gasteiger charge is 2.09. The summed E-state index contributed by atoms with van der Waals surface area (Å²) in [7, 11) is 0. The monoisotopic (exact) mass is 340 g/mol. The summed E-state index contributed by atoms with van der Waals surface area (Å²) in [6.45, 7) is 3.70. The molecule has 2 aromatic rings. The summed E-state index contributed by atoms with van der Waals surface area (Å²) in [5.41, 5.74) is 1.91. The van der Waals surface area contributed by atoms with Gasteiger partial charge in [0.1, 0.15) is 11.5 Å². The Morgan fingerprint density at radius 2 is 1.95 bits per heavy atom. The first kappa shape index (κ1) is 14.4. The van der Waals surface area contributed by atoms with E-state index >= 15 is 0 Å². The van der Waals surface area contributed by atoms with Gasteiger partial charge in [0.05, 0.1) is 11.1 Å². The molecule has 0 bridgehead atoms. The molecule has 1 N–H and O–H groups in total. The first-order chi connectivity index (χ1) is 8.97. The van der Waals surface area contributed by atoms with Crippen molar-refractivity contribution < 1.29 is 9.84 Å². The number of hydrogen-bond acceptors (Lipinski definition) is 2. The lowest BCUT2D eigenvalue weighted by molar-refractivity contribution is 0.198. The Labute approximate surface area is 126 Å². The van der Waals surface area contributed by atoms with Crippen molar-refractivity contribution in [3.63, 3.8) is 0 Å². The maximum Gasteiger partial charge on any atom is 0.146 e. The van der Waals surface area contributed by atoms with Crippen LogP contribution in [0.15, 0.2) is 40.9 Å². The lowest BCUT2D eigenvalue weighted by atomic mass is 10.1. The van der Waals surface area contributed by atoms with Crippen LogP contribution in [0.4, 0.5) is 0 Å². The molecule has 19 heavy (non-hydrogen) atoms. The van der Waals surface area contributed by atoms with Crippen LogP contribution in [-0.2, 0) is 0 Å². The molecule has 100 valence electrons. The van der Waals surface area contributed by atoms with E-state index < -0.39 is 6.10 Å². The first-order valence-electron chi connectivity index (χ1n) is 5.89. The molecule has 0 unspecified atom stereocenters. The number of ether oxygens (including phenoxy) is 1. The molecular weight excluding hydrogens is 328 g/mol. The molecule has 2 rings (SSSR count). The van der Waals surface area contributed by atoms with Gasteiger partial charge in [-0.2, -0.15) is 0 Å². The highest BCUT2D eigenvalue weighted by atomic mass is 79.9. The molecule has 0 fully saturated rings. The molecule has 0 saturated heterocycles. The SMILES string of the molecule is Cc1ccc(Oc2ccc([C@@H](C)O)c(Br)c2)c(Cl)c1. The summed E-state index contributed by atoms with van der Waals surface area (Å²) >= 11 is 9.54. The zero-order valence-corrected chi connectivity index (χ0v) is 13.0. The van der Waals surface area contributed by atoms with Crippen LogP contribution >= 0.6 is 27.5 Å². The van der Waals surface area contributed by atoms with E-state index in [1.807, 2.05) is 43.3 Å². The van der Waals surface area contributed by atoms with Gasteiger partial charge in [0.25, 0.3) is 0 Å². The van der Waals surface area contributed by atoms with Crippen LogP contribution in [0.3, 0.4) is 0 Å².